The molecular formula is C21H19N5O2S. The van der Waals surface area contributed by atoms with Crippen LogP contribution in [0.5, 0.6) is 0 Å². The molecule has 7 nitrogen and oxygen atoms in total. The third-order valence-corrected chi connectivity index (χ3v) is 5.51. The van der Waals surface area contributed by atoms with Crippen LogP contribution in [0.3, 0.4) is 0 Å². The van der Waals surface area contributed by atoms with Crippen LogP contribution in [0.1, 0.15) is 11.3 Å². The van der Waals surface area contributed by atoms with Crippen LogP contribution in [-0.4, -0.2) is 37.4 Å². The van der Waals surface area contributed by atoms with Crippen molar-refractivity contribution in [2.75, 3.05) is 5.75 Å². The van der Waals surface area contributed by atoms with Crippen molar-refractivity contribution in [2.24, 2.45) is 17.1 Å². The number of amidine groups is 1. The van der Waals surface area contributed by atoms with Crippen molar-refractivity contribution in [3.05, 3.63) is 82.3 Å². The first-order valence-corrected chi connectivity index (χ1v) is 10.0. The first kappa shape index (κ1) is 18.9. The molecule has 2 heterocycles. The van der Waals surface area contributed by atoms with Gasteiger partial charge in [-0.2, -0.15) is 10.1 Å². The third-order valence-electron chi connectivity index (χ3n) is 4.60. The molecular weight excluding hydrogens is 386 g/mol. The lowest BCUT2D eigenvalue weighted by Crippen LogP contribution is -2.24. The Hall–Kier alpha value is -3.39. The lowest BCUT2D eigenvalue weighted by atomic mass is 10.2. The summed E-state index contributed by atoms with van der Waals surface area (Å²) in [7, 11) is 1.81. The summed E-state index contributed by atoms with van der Waals surface area (Å²) in [6, 6.07) is 18.9. The highest BCUT2D eigenvalue weighted by Crippen LogP contribution is 2.25. The van der Waals surface area contributed by atoms with E-state index < -0.39 is 0 Å². The van der Waals surface area contributed by atoms with Crippen LogP contribution >= 0.6 is 11.8 Å². The van der Waals surface area contributed by atoms with Gasteiger partial charge < -0.3 is 0 Å². The van der Waals surface area contributed by atoms with Crippen molar-refractivity contribution in [1.29, 1.82) is 0 Å². The van der Waals surface area contributed by atoms with E-state index in [0.29, 0.717) is 16.5 Å². The summed E-state index contributed by atoms with van der Waals surface area (Å²) >= 11 is 1.27. The quantitative estimate of drug-likeness (QED) is 0.626. The minimum absolute atomic E-state index is 0.169. The van der Waals surface area contributed by atoms with Crippen molar-refractivity contribution in [1.82, 2.24) is 14.4 Å². The van der Waals surface area contributed by atoms with Crippen LogP contribution in [0, 0.1) is 6.92 Å². The number of rotatable bonds is 4. The molecule has 1 saturated heterocycles. The number of aromatic nitrogens is 2. The van der Waals surface area contributed by atoms with Crippen LogP contribution in [0.4, 0.5) is 5.69 Å². The van der Waals surface area contributed by atoms with Crippen LogP contribution < -0.4 is 5.56 Å². The summed E-state index contributed by atoms with van der Waals surface area (Å²) in [6.07, 6.45) is 1.61. The number of benzene rings is 2. The molecule has 146 valence electrons. The third kappa shape index (κ3) is 3.66. The fraction of sp³-hybridized carbons (Fsp3) is 0.143. The van der Waals surface area contributed by atoms with Crippen LogP contribution in [0.25, 0.3) is 5.69 Å². The van der Waals surface area contributed by atoms with Gasteiger partial charge in [0.2, 0.25) is 0 Å². The SMILES string of the molecule is Cc1c(N=C2SCC(=O)N2/N=C/c2ccccc2)c(=O)n(-c2ccccc2)n1C. The van der Waals surface area contributed by atoms with Crippen LogP contribution in [0.2, 0.25) is 0 Å². The lowest BCUT2D eigenvalue weighted by Gasteiger charge is -2.08. The molecule has 2 aromatic carbocycles. The highest BCUT2D eigenvalue weighted by atomic mass is 32.2. The monoisotopic (exact) mass is 405 g/mol. The first-order valence-electron chi connectivity index (χ1n) is 9.04. The summed E-state index contributed by atoms with van der Waals surface area (Å²) in [4.78, 5) is 29.9. The second-order valence-corrected chi connectivity index (χ2v) is 7.40. The van der Waals surface area contributed by atoms with Crippen molar-refractivity contribution < 1.29 is 4.79 Å². The number of carbonyl (C=O) groups excluding carboxylic acids is 1. The number of para-hydroxylation sites is 1. The fourth-order valence-corrected chi connectivity index (χ4v) is 3.79. The van der Waals surface area contributed by atoms with E-state index in [0.717, 1.165) is 11.3 Å². The predicted octanol–water partition coefficient (Wildman–Crippen LogP) is 3.08. The minimum atomic E-state index is -0.240. The van der Waals surface area contributed by atoms with Gasteiger partial charge in [-0.05, 0) is 24.6 Å². The van der Waals surface area contributed by atoms with Gasteiger partial charge in [-0.25, -0.2) is 9.67 Å². The Kier molecular flexibility index (Phi) is 5.18. The average Bonchev–Trinajstić information content (AvgIpc) is 3.20. The molecule has 0 spiro atoms. The van der Waals surface area contributed by atoms with E-state index in [1.165, 1.54) is 16.8 Å². The number of carbonyl (C=O) groups is 1. The van der Waals surface area contributed by atoms with Gasteiger partial charge in [-0.1, -0.05) is 60.3 Å². The van der Waals surface area contributed by atoms with Gasteiger partial charge in [0.1, 0.15) is 0 Å². The van der Waals surface area contributed by atoms with Crippen LogP contribution in [0.15, 0.2) is 75.6 Å². The minimum Gasteiger partial charge on any atom is -0.283 e. The Morgan fingerprint density at radius 2 is 1.66 bits per heavy atom. The maximum absolute atomic E-state index is 13.1. The van der Waals surface area contributed by atoms with Gasteiger partial charge >= 0.3 is 0 Å². The Bertz CT molecular complexity index is 1160. The van der Waals surface area contributed by atoms with Gasteiger partial charge in [-0.15, -0.1) is 0 Å². The Labute approximate surface area is 172 Å². The smallest absolute Gasteiger partial charge is 0.283 e. The lowest BCUT2D eigenvalue weighted by molar-refractivity contribution is -0.124. The molecule has 0 N–H and O–H groups in total. The summed E-state index contributed by atoms with van der Waals surface area (Å²) in [6.45, 7) is 1.83. The number of nitrogens with zero attached hydrogens (tertiary/aromatic N) is 5. The van der Waals surface area contributed by atoms with Gasteiger partial charge in [0.15, 0.2) is 10.9 Å². The number of amides is 1. The molecule has 1 aliphatic heterocycles. The maximum atomic E-state index is 13.1. The molecule has 3 aromatic rings. The molecule has 1 fully saturated rings. The molecule has 4 rings (SSSR count). The molecule has 0 atom stereocenters. The first-order chi connectivity index (χ1) is 14.1. The van der Waals surface area contributed by atoms with E-state index >= 15 is 0 Å². The molecule has 8 heteroatoms. The maximum Gasteiger partial charge on any atom is 0.297 e. The standard InChI is InChI=1S/C21H19N5O2S/c1-15-19(20(28)26(24(15)2)17-11-7-4-8-12-17)23-21-25(18(27)14-29-21)22-13-16-9-5-3-6-10-16/h3-13H,14H2,1-2H3/b22-13+,23-21?. The average molecular weight is 405 g/mol. The summed E-state index contributed by atoms with van der Waals surface area (Å²) < 4.78 is 3.32. The van der Waals surface area contributed by atoms with Crippen molar-refractivity contribution >= 4 is 34.7 Å². The molecule has 1 aromatic heterocycles. The van der Waals surface area contributed by atoms with Gasteiger partial charge in [0, 0.05) is 7.05 Å². The topological polar surface area (TPSA) is 72.0 Å². The molecule has 0 radical (unpaired) electrons. The van der Waals surface area contributed by atoms with Gasteiger partial charge in [0.05, 0.1) is 23.3 Å². The number of hydrogen-bond donors (Lipinski definition) is 0. The van der Waals surface area contributed by atoms with Crippen LogP contribution in [-0.2, 0) is 11.8 Å². The Morgan fingerprint density at radius 1 is 1.00 bits per heavy atom. The molecule has 0 saturated carbocycles. The van der Waals surface area contributed by atoms with Crippen molar-refractivity contribution in [3.63, 3.8) is 0 Å². The Balaban J connectivity index is 1.73. The Morgan fingerprint density at radius 3 is 2.34 bits per heavy atom. The van der Waals surface area contributed by atoms with E-state index in [-0.39, 0.29) is 17.2 Å². The number of thioether (sulfide) groups is 1. The van der Waals surface area contributed by atoms with Crippen molar-refractivity contribution in [3.8, 4) is 5.69 Å². The highest BCUT2D eigenvalue weighted by molar-refractivity contribution is 8.15. The predicted molar refractivity (Wildman–Crippen MR) is 116 cm³/mol. The molecule has 0 aliphatic carbocycles. The van der Waals surface area contributed by atoms with Gasteiger partial charge in [-0.3, -0.25) is 14.3 Å². The normalized spacial score (nSPS) is 15.7. The number of aliphatic imine (C=N–C) groups is 1. The zero-order valence-corrected chi connectivity index (χ0v) is 16.8. The van der Waals surface area contributed by atoms with E-state index in [1.54, 1.807) is 15.6 Å². The van der Waals surface area contributed by atoms with Gasteiger partial charge in [0.25, 0.3) is 11.5 Å². The van der Waals surface area contributed by atoms with E-state index in [1.807, 2.05) is 74.6 Å². The highest BCUT2D eigenvalue weighted by Gasteiger charge is 2.29. The zero-order valence-electron chi connectivity index (χ0n) is 16.0. The van der Waals surface area contributed by atoms with E-state index in [4.69, 9.17) is 0 Å². The number of hydrogen-bond acceptors (Lipinski definition) is 5. The summed E-state index contributed by atoms with van der Waals surface area (Å²) in [5.74, 6) is 0.0712. The fourth-order valence-electron chi connectivity index (χ4n) is 2.99. The second kappa shape index (κ2) is 7.92. The molecule has 29 heavy (non-hydrogen) atoms. The molecule has 1 aliphatic rings. The largest absolute Gasteiger partial charge is 0.297 e. The zero-order chi connectivity index (χ0) is 20.4. The molecule has 1 amide bonds. The molecule has 0 unspecified atom stereocenters. The number of hydrazone groups is 1. The summed E-state index contributed by atoms with van der Waals surface area (Å²) in [5.41, 5.74) is 2.39. The molecule has 0 bridgehead atoms. The second-order valence-electron chi connectivity index (χ2n) is 6.45. The van der Waals surface area contributed by atoms with Crippen molar-refractivity contribution in [2.45, 2.75) is 6.92 Å². The van der Waals surface area contributed by atoms with E-state index in [9.17, 15) is 9.59 Å². The van der Waals surface area contributed by atoms with E-state index in [2.05, 4.69) is 10.1 Å². The summed E-state index contributed by atoms with van der Waals surface area (Å²) in [5, 5.41) is 5.95.